The van der Waals surface area contributed by atoms with E-state index in [9.17, 15) is 0 Å². The number of hydrogen-bond acceptors (Lipinski definition) is 6. The van der Waals surface area contributed by atoms with E-state index in [-0.39, 0.29) is 0 Å². The van der Waals surface area contributed by atoms with Gasteiger partial charge in [-0.3, -0.25) is 0 Å². The zero-order valence-electron chi connectivity index (χ0n) is 13.0. The van der Waals surface area contributed by atoms with Gasteiger partial charge < -0.3 is 20.3 Å². The van der Waals surface area contributed by atoms with Gasteiger partial charge in [-0.25, -0.2) is 0 Å². The number of nitrogens with two attached hydrogens (primary N) is 1. The summed E-state index contributed by atoms with van der Waals surface area (Å²) in [6.07, 6.45) is 0.229. The molecule has 2 N–H and O–H groups in total. The van der Waals surface area contributed by atoms with Gasteiger partial charge in [-0.2, -0.15) is 9.98 Å². The van der Waals surface area contributed by atoms with Crippen molar-refractivity contribution >= 4 is 23.8 Å². The molecule has 0 aromatic rings. The highest BCUT2D eigenvalue weighted by atomic mass is 16.7. The molecule has 0 spiro atoms. The molecule has 0 aliphatic rings. The molecule has 0 saturated heterocycles. The zero-order valence-corrected chi connectivity index (χ0v) is 13.0. The van der Waals surface area contributed by atoms with Crippen LogP contribution in [0.2, 0.25) is 0 Å². The second-order valence-corrected chi connectivity index (χ2v) is 4.37. The molecule has 0 fully saturated rings. The third kappa shape index (κ3) is 8.90. The van der Waals surface area contributed by atoms with Crippen LogP contribution >= 0.6 is 0 Å². The van der Waals surface area contributed by atoms with Gasteiger partial charge in [-0.05, 0) is 34.6 Å². The van der Waals surface area contributed by atoms with Crippen LogP contribution in [-0.4, -0.2) is 48.6 Å². The van der Waals surface area contributed by atoms with E-state index >= 15 is 0 Å². The van der Waals surface area contributed by atoms with Crippen molar-refractivity contribution in [3.05, 3.63) is 0 Å². The predicted octanol–water partition coefficient (Wildman–Crippen LogP) is 1.39. The van der Waals surface area contributed by atoms with Gasteiger partial charge >= 0.3 is 6.35 Å². The molecule has 114 valence electrons. The van der Waals surface area contributed by atoms with Crippen molar-refractivity contribution in [2.45, 2.75) is 41.0 Å². The van der Waals surface area contributed by atoms with Crippen LogP contribution in [0.15, 0.2) is 20.3 Å². The van der Waals surface area contributed by atoms with Crippen molar-refractivity contribution in [2.24, 2.45) is 26.0 Å². The molecule has 1 unspecified atom stereocenters. The van der Waals surface area contributed by atoms with Crippen LogP contribution < -0.4 is 5.73 Å². The van der Waals surface area contributed by atoms with E-state index in [2.05, 4.69) is 20.3 Å². The fraction of sp³-hybridized carbons (Fsp3) is 0.667. The first-order chi connectivity index (χ1) is 9.36. The van der Waals surface area contributed by atoms with E-state index in [1.165, 1.54) is 0 Å². The molecular weight excluding hydrogens is 260 g/mol. The molecule has 20 heavy (non-hydrogen) atoms. The van der Waals surface area contributed by atoms with Gasteiger partial charge in [0.2, 0.25) is 6.40 Å². The maximum Gasteiger partial charge on any atom is 0.318 e. The summed E-state index contributed by atoms with van der Waals surface area (Å²) in [6, 6.07) is 0. The van der Waals surface area contributed by atoms with Crippen molar-refractivity contribution in [1.82, 2.24) is 4.90 Å². The quantitative estimate of drug-likeness (QED) is 0.434. The third-order valence-electron chi connectivity index (χ3n) is 1.91. The fourth-order valence-electron chi connectivity index (χ4n) is 0.819. The number of nitrogens with zero attached hydrogens (tertiary/aromatic N) is 5. The lowest BCUT2D eigenvalue weighted by atomic mass is 10.5. The summed E-state index contributed by atoms with van der Waals surface area (Å²) >= 11 is 0. The molecule has 0 aliphatic carbocycles. The van der Waals surface area contributed by atoms with E-state index in [4.69, 9.17) is 15.4 Å². The topological polar surface area (TPSA) is 97.2 Å². The van der Waals surface area contributed by atoms with Crippen molar-refractivity contribution in [3.63, 3.8) is 0 Å². The van der Waals surface area contributed by atoms with Gasteiger partial charge in [0.15, 0.2) is 5.96 Å². The molecule has 0 aromatic heterocycles. The second kappa shape index (κ2) is 9.76. The van der Waals surface area contributed by atoms with E-state index in [0.717, 1.165) is 24.4 Å². The second-order valence-electron chi connectivity index (χ2n) is 4.37. The first-order valence-corrected chi connectivity index (χ1v) is 6.26. The van der Waals surface area contributed by atoms with Gasteiger partial charge in [0, 0.05) is 13.6 Å². The molecule has 0 bridgehead atoms. The SMILES string of the molecule is CCN(C)C(N)=NC(N=CON=C(C)C)ON=C(C)C. The Balaban J connectivity index is 4.81. The molecule has 1 atom stereocenters. The summed E-state index contributed by atoms with van der Waals surface area (Å²) in [6.45, 7) is 9.88. The van der Waals surface area contributed by atoms with E-state index in [1.54, 1.807) is 32.6 Å². The monoisotopic (exact) mass is 284 g/mol. The van der Waals surface area contributed by atoms with E-state index in [1.807, 2.05) is 14.0 Å². The van der Waals surface area contributed by atoms with Gasteiger partial charge in [0.05, 0.1) is 11.4 Å². The summed E-state index contributed by atoms with van der Waals surface area (Å²) in [5, 5.41) is 7.52. The fourth-order valence-corrected chi connectivity index (χ4v) is 0.819. The Labute approximate surface area is 120 Å². The average molecular weight is 284 g/mol. The number of hydrogen-bond donors (Lipinski definition) is 1. The Bertz CT molecular complexity index is 395. The van der Waals surface area contributed by atoms with Crippen molar-refractivity contribution in [2.75, 3.05) is 13.6 Å². The van der Waals surface area contributed by atoms with Crippen LogP contribution in [0.3, 0.4) is 0 Å². The minimum atomic E-state index is -0.911. The van der Waals surface area contributed by atoms with Crippen LogP contribution in [-0.2, 0) is 9.68 Å². The summed E-state index contributed by atoms with van der Waals surface area (Å²) in [5.74, 6) is 0.300. The summed E-state index contributed by atoms with van der Waals surface area (Å²) < 4.78 is 0. The highest BCUT2D eigenvalue weighted by Gasteiger charge is 2.07. The lowest BCUT2D eigenvalue weighted by molar-refractivity contribution is 0.0696. The highest BCUT2D eigenvalue weighted by Crippen LogP contribution is 1.99. The van der Waals surface area contributed by atoms with E-state index < -0.39 is 6.35 Å². The minimum absolute atomic E-state index is 0.300. The summed E-state index contributed by atoms with van der Waals surface area (Å²) in [5.41, 5.74) is 7.30. The van der Waals surface area contributed by atoms with Crippen LogP contribution in [0.4, 0.5) is 0 Å². The number of rotatable bonds is 7. The molecule has 8 heteroatoms. The standard InChI is InChI=1S/C12H24N6O2/c1-7-18(6)11(13)15-12(20-17-10(4)5)14-8-19-16-9(2)3/h8,12H,7H2,1-6H3,(H2,13,15). The summed E-state index contributed by atoms with van der Waals surface area (Å²) in [4.78, 5) is 19.8. The maximum atomic E-state index is 5.79. The van der Waals surface area contributed by atoms with Crippen LogP contribution in [0, 0.1) is 0 Å². The molecule has 8 nitrogen and oxygen atoms in total. The van der Waals surface area contributed by atoms with E-state index in [0.29, 0.717) is 5.96 Å². The smallest absolute Gasteiger partial charge is 0.318 e. The third-order valence-corrected chi connectivity index (χ3v) is 1.91. The average Bonchev–Trinajstić information content (AvgIpc) is 2.38. The Morgan fingerprint density at radius 3 is 2.30 bits per heavy atom. The molecule has 0 saturated carbocycles. The lowest BCUT2D eigenvalue weighted by Gasteiger charge is -2.16. The van der Waals surface area contributed by atoms with Gasteiger partial charge in [0.25, 0.3) is 0 Å². The largest absolute Gasteiger partial charge is 0.370 e. The molecule has 0 heterocycles. The minimum Gasteiger partial charge on any atom is -0.370 e. The Morgan fingerprint density at radius 1 is 1.20 bits per heavy atom. The molecule has 0 aliphatic heterocycles. The van der Waals surface area contributed by atoms with Gasteiger partial charge in [-0.1, -0.05) is 10.3 Å². The van der Waals surface area contributed by atoms with Crippen LogP contribution in [0.25, 0.3) is 0 Å². The van der Waals surface area contributed by atoms with Crippen molar-refractivity contribution < 1.29 is 9.68 Å². The highest BCUT2D eigenvalue weighted by molar-refractivity contribution is 5.79. The van der Waals surface area contributed by atoms with Gasteiger partial charge in [-0.15, -0.1) is 0 Å². The lowest BCUT2D eigenvalue weighted by Crippen LogP contribution is -2.35. The number of aliphatic imine (C=N–C) groups is 2. The van der Waals surface area contributed by atoms with Crippen molar-refractivity contribution in [3.8, 4) is 0 Å². The predicted molar refractivity (Wildman–Crippen MR) is 81.9 cm³/mol. The number of guanidine groups is 1. The Hall–Kier alpha value is -2.12. The summed E-state index contributed by atoms with van der Waals surface area (Å²) in [7, 11) is 1.81. The Kier molecular flexibility index (Phi) is 8.73. The van der Waals surface area contributed by atoms with Crippen LogP contribution in [0.5, 0.6) is 0 Å². The molecule has 0 radical (unpaired) electrons. The maximum absolute atomic E-state index is 5.79. The van der Waals surface area contributed by atoms with Gasteiger partial charge in [0.1, 0.15) is 0 Å². The first-order valence-electron chi connectivity index (χ1n) is 6.26. The van der Waals surface area contributed by atoms with Crippen molar-refractivity contribution in [1.29, 1.82) is 0 Å². The van der Waals surface area contributed by atoms with Crippen LogP contribution in [0.1, 0.15) is 34.6 Å². The molecule has 0 amide bonds. The zero-order chi connectivity index (χ0) is 15.5. The Morgan fingerprint density at radius 2 is 1.80 bits per heavy atom. The number of oxime groups is 2. The normalized spacial score (nSPS) is 12.8. The molecule has 0 rings (SSSR count). The molecule has 0 aromatic carbocycles. The first kappa shape index (κ1) is 17.9. The molecular formula is C12H24N6O2.